The molecule has 27 heavy (non-hydrogen) atoms. The number of hydrogen-bond donors (Lipinski definition) is 3. The molecule has 1 rings (SSSR count). The van der Waals surface area contributed by atoms with Gasteiger partial charge in [0.05, 0.1) is 6.61 Å². The topological polar surface area (TPSA) is 125 Å². The molecule has 1 aromatic carbocycles. The number of rotatable bonds is 12. The van der Waals surface area contributed by atoms with Crippen molar-refractivity contribution in [3.63, 3.8) is 0 Å². The van der Waals surface area contributed by atoms with Crippen LogP contribution in [0.3, 0.4) is 0 Å². The van der Waals surface area contributed by atoms with Gasteiger partial charge in [0.15, 0.2) is 0 Å². The van der Waals surface area contributed by atoms with Crippen LogP contribution < -0.4 is 15.0 Å². The third kappa shape index (κ3) is 8.41. The lowest BCUT2D eigenvalue weighted by Crippen LogP contribution is -2.42. The van der Waals surface area contributed by atoms with Gasteiger partial charge >= 0.3 is 18.0 Å². The zero-order chi connectivity index (χ0) is 20.2. The highest BCUT2D eigenvalue weighted by Crippen LogP contribution is 2.20. The second-order valence-corrected chi connectivity index (χ2v) is 5.83. The molecule has 0 saturated carbocycles. The Kier molecular flexibility index (Phi) is 9.66. The first-order valence-corrected chi connectivity index (χ1v) is 8.64. The molecule has 1 aromatic rings. The molecule has 1 atom stereocenters. The number of hydrogen-bond acceptors (Lipinski definition) is 6. The Morgan fingerprint density at radius 3 is 2.33 bits per heavy atom. The minimum absolute atomic E-state index is 0.232. The summed E-state index contributed by atoms with van der Waals surface area (Å²) in [5, 5.41) is 19.8. The van der Waals surface area contributed by atoms with E-state index in [0.29, 0.717) is 6.61 Å². The second kappa shape index (κ2) is 11.7. The summed E-state index contributed by atoms with van der Waals surface area (Å²) in [5.74, 6) is -2.21. The summed E-state index contributed by atoms with van der Waals surface area (Å²) in [6.07, 6.45) is -0.590. The number of anilines is 1. The van der Waals surface area contributed by atoms with Crippen LogP contribution in [0.5, 0.6) is 5.75 Å². The van der Waals surface area contributed by atoms with Crippen LogP contribution in [0.25, 0.3) is 0 Å². The molecule has 150 valence electrons. The molecule has 0 aliphatic carbocycles. The van der Waals surface area contributed by atoms with E-state index in [0.717, 1.165) is 25.2 Å². The van der Waals surface area contributed by atoms with Crippen molar-refractivity contribution >= 4 is 23.7 Å². The number of ether oxygens (including phenoxy) is 2. The predicted octanol–water partition coefficient (Wildman–Crippen LogP) is 1.96. The van der Waals surface area contributed by atoms with Crippen molar-refractivity contribution in [3.05, 3.63) is 24.3 Å². The van der Waals surface area contributed by atoms with Crippen LogP contribution >= 0.6 is 0 Å². The second-order valence-electron chi connectivity index (χ2n) is 5.83. The summed E-state index contributed by atoms with van der Waals surface area (Å²) in [7, 11) is 1.64. The molecular weight excluding hydrogens is 356 g/mol. The lowest BCUT2D eigenvalue weighted by Gasteiger charge is -2.24. The van der Waals surface area contributed by atoms with Gasteiger partial charge in [0.1, 0.15) is 11.8 Å². The van der Waals surface area contributed by atoms with Crippen LogP contribution in [-0.2, 0) is 14.3 Å². The molecular formula is C18H26N2O7. The van der Waals surface area contributed by atoms with Crippen molar-refractivity contribution in [2.45, 2.75) is 32.2 Å². The van der Waals surface area contributed by atoms with Gasteiger partial charge in [-0.15, -0.1) is 0 Å². The van der Waals surface area contributed by atoms with Crippen LogP contribution in [0, 0.1) is 0 Å². The third-order valence-electron chi connectivity index (χ3n) is 3.71. The highest BCUT2D eigenvalue weighted by atomic mass is 16.6. The van der Waals surface area contributed by atoms with E-state index in [-0.39, 0.29) is 18.6 Å². The molecule has 9 nitrogen and oxygen atoms in total. The lowest BCUT2D eigenvalue weighted by atomic mass is 10.1. The summed E-state index contributed by atoms with van der Waals surface area (Å²) in [6.45, 7) is 4.25. The number of carbonyl (C=O) groups is 3. The number of amides is 1. The van der Waals surface area contributed by atoms with Crippen molar-refractivity contribution < 1.29 is 34.1 Å². The van der Waals surface area contributed by atoms with Gasteiger partial charge in [-0.3, -0.25) is 4.79 Å². The normalized spacial score (nSPS) is 11.5. The Morgan fingerprint density at radius 2 is 1.81 bits per heavy atom. The summed E-state index contributed by atoms with van der Waals surface area (Å²) < 4.78 is 10.2. The number of carbonyl (C=O) groups excluding carboxylic acids is 1. The van der Waals surface area contributed by atoms with E-state index in [4.69, 9.17) is 19.7 Å². The molecule has 0 fully saturated rings. The number of carboxylic acids is 2. The average Bonchev–Trinajstić information content (AvgIpc) is 2.62. The van der Waals surface area contributed by atoms with E-state index in [2.05, 4.69) is 17.1 Å². The van der Waals surface area contributed by atoms with Gasteiger partial charge in [0.2, 0.25) is 0 Å². The smallest absolute Gasteiger partial charge is 0.413 e. The summed E-state index contributed by atoms with van der Waals surface area (Å²) in [6, 6.07) is 5.48. The summed E-state index contributed by atoms with van der Waals surface area (Å²) in [4.78, 5) is 35.6. The molecule has 0 saturated heterocycles. The maximum Gasteiger partial charge on any atom is 0.413 e. The zero-order valence-electron chi connectivity index (χ0n) is 15.5. The Bertz CT molecular complexity index is 619. The van der Waals surface area contributed by atoms with Crippen LogP contribution in [0.2, 0.25) is 0 Å². The molecule has 0 radical (unpaired) electrons. The van der Waals surface area contributed by atoms with Crippen molar-refractivity contribution in [2.75, 3.05) is 31.7 Å². The van der Waals surface area contributed by atoms with E-state index in [1.165, 1.54) is 0 Å². The lowest BCUT2D eigenvalue weighted by molar-refractivity contribution is -0.140. The molecule has 0 aliphatic rings. The summed E-state index contributed by atoms with van der Waals surface area (Å²) in [5.41, 5.74) is 0.950. The van der Waals surface area contributed by atoms with Crippen molar-refractivity contribution in [3.8, 4) is 5.75 Å². The van der Waals surface area contributed by atoms with Gasteiger partial charge in [-0.05, 0) is 37.1 Å². The molecule has 0 spiro atoms. The Morgan fingerprint density at radius 1 is 1.15 bits per heavy atom. The first-order chi connectivity index (χ1) is 12.9. The fourth-order valence-corrected chi connectivity index (χ4v) is 2.37. The van der Waals surface area contributed by atoms with Gasteiger partial charge in [-0.1, -0.05) is 6.92 Å². The largest absolute Gasteiger partial charge is 0.481 e. The maximum atomic E-state index is 11.9. The standard InChI is InChI=1S/C18H26N2O7/c1-3-10-20(11-12-26-2)13-4-6-14(7-5-13)27-18(25)19-15(17(23)24)8-9-16(21)22/h4-7,15H,3,8-12H2,1-2H3,(H,19,25)(H,21,22)(H,23,24). The molecule has 9 heteroatoms. The van der Waals surface area contributed by atoms with Crippen LogP contribution in [0.4, 0.5) is 10.5 Å². The Hall–Kier alpha value is -2.81. The van der Waals surface area contributed by atoms with E-state index in [9.17, 15) is 14.4 Å². The molecule has 0 bridgehead atoms. The SMILES string of the molecule is CCCN(CCOC)c1ccc(OC(=O)NC(CCC(=O)O)C(=O)O)cc1. The van der Waals surface area contributed by atoms with Crippen molar-refractivity contribution in [2.24, 2.45) is 0 Å². The zero-order valence-corrected chi connectivity index (χ0v) is 15.5. The number of carboxylic acid groups (broad SMARTS) is 2. The van der Waals surface area contributed by atoms with Crippen LogP contribution in [-0.4, -0.2) is 61.1 Å². The van der Waals surface area contributed by atoms with Gasteiger partial charge in [-0.25, -0.2) is 9.59 Å². The highest BCUT2D eigenvalue weighted by molar-refractivity contribution is 5.81. The predicted molar refractivity (Wildman–Crippen MR) is 98.3 cm³/mol. The third-order valence-corrected chi connectivity index (χ3v) is 3.71. The van der Waals surface area contributed by atoms with Gasteiger partial charge in [-0.2, -0.15) is 0 Å². The summed E-state index contributed by atoms with van der Waals surface area (Å²) >= 11 is 0. The van der Waals surface area contributed by atoms with Crippen LogP contribution in [0.15, 0.2) is 24.3 Å². The monoisotopic (exact) mass is 382 g/mol. The van der Waals surface area contributed by atoms with Gasteiger partial charge < -0.3 is 29.9 Å². The molecule has 1 unspecified atom stereocenters. The van der Waals surface area contributed by atoms with Gasteiger partial charge in [0, 0.05) is 32.3 Å². The quantitative estimate of drug-likeness (QED) is 0.501. The first-order valence-electron chi connectivity index (χ1n) is 8.64. The number of nitrogens with zero attached hydrogens (tertiary/aromatic N) is 1. The minimum atomic E-state index is -1.33. The van der Waals surface area contributed by atoms with E-state index >= 15 is 0 Å². The van der Waals surface area contributed by atoms with Crippen LogP contribution in [0.1, 0.15) is 26.2 Å². The molecule has 0 heterocycles. The van der Waals surface area contributed by atoms with E-state index in [1.807, 2.05) is 0 Å². The highest BCUT2D eigenvalue weighted by Gasteiger charge is 2.22. The number of benzene rings is 1. The minimum Gasteiger partial charge on any atom is -0.481 e. The molecule has 0 aliphatic heterocycles. The molecule has 0 aromatic heterocycles. The fraction of sp³-hybridized carbons (Fsp3) is 0.500. The maximum absolute atomic E-state index is 11.9. The van der Waals surface area contributed by atoms with Crippen molar-refractivity contribution in [1.29, 1.82) is 0 Å². The number of nitrogens with one attached hydrogen (secondary N) is 1. The van der Waals surface area contributed by atoms with E-state index < -0.39 is 24.1 Å². The van der Waals surface area contributed by atoms with Crippen molar-refractivity contribution in [1.82, 2.24) is 5.32 Å². The van der Waals surface area contributed by atoms with Gasteiger partial charge in [0.25, 0.3) is 0 Å². The molecule has 1 amide bonds. The first kappa shape index (κ1) is 22.2. The molecule has 3 N–H and O–H groups in total. The fourth-order valence-electron chi connectivity index (χ4n) is 2.37. The van der Waals surface area contributed by atoms with E-state index in [1.54, 1.807) is 31.4 Å². The Labute approximate surface area is 157 Å². The average molecular weight is 382 g/mol. The Balaban J connectivity index is 2.65. The number of methoxy groups -OCH3 is 1. The number of aliphatic carboxylic acids is 2.